The van der Waals surface area contributed by atoms with Crippen LogP contribution < -0.4 is 5.73 Å². The Bertz CT molecular complexity index is 717. The molecule has 3 rings (SSSR count). The Balaban J connectivity index is 1.70. The molecule has 3 nitrogen and oxygen atoms in total. The van der Waals surface area contributed by atoms with Gasteiger partial charge in [-0.2, -0.15) is 0 Å². The molecule has 0 radical (unpaired) electrons. The molecule has 0 saturated heterocycles. The van der Waals surface area contributed by atoms with Gasteiger partial charge in [0, 0.05) is 17.5 Å². The van der Waals surface area contributed by atoms with Gasteiger partial charge in [-0.05, 0) is 79.7 Å². The SMILES string of the molecule is Cc1cc(C2CCC([C@H](C)c3ccccc3C(N)=O)CC2)ccn1. The molecular weight excluding hydrogens is 296 g/mol. The first-order chi connectivity index (χ1) is 11.6. The molecule has 1 amide bonds. The summed E-state index contributed by atoms with van der Waals surface area (Å²) in [7, 11) is 0. The molecule has 1 aromatic heterocycles. The van der Waals surface area contributed by atoms with Crippen molar-refractivity contribution >= 4 is 5.91 Å². The van der Waals surface area contributed by atoms with Crippen molar-refractivity contribution in [3.8, 4) is 0 Å². The third kappa shape index (κ3) is 3.50. The van der Waals surface area contributed by atoms with Crippen molar-refractivity contribution < 1.29 is 4.79 Å². The summed E-state index contributed by atoms with van der Waals surface area (Å²) < 4.78 is 0. The number of nitrogens with zero attached hydrogens (tertiary/aromatic N) is 1. The monoisotopic (exact) mass is 322 g/mol. The Hall–Kier alpha value is -2.16. The standard InChI is InChI=1S/C21H26N2O/c1-14-13-18(11-12-23-14)17-9-7-16(8-10-17)15(2)19-5-3-4-6-20(19)21(22)24/h3-6,11-13,15-17H,7-10H2,1-2H3,(H2,22,24)/t15-,16?,17?/m0/s1. The first kappa shape index (κ1) is 16.7. The van der Waals surface area contributed by atoms with E-state index in [1.807, 2.05) is 24.4 Å². The van der Waals surface area contributed by atoms with Crippen LogP contribution in [0.2, 0.25) is 0 Å². The maximum absolute atomic E-state index is 11.7. The van der Waals surface area contributed by atoms with Gasteiger partial charge in [-0.25, -0.2) is 0 Å². The predicted octanol–water partition coefficient (Wildman–Crippen LogP) is 4.57. The molecule has 2 N–H and O–H groups in total. The highest BCUT2D eigenvalue weighted by Crippen LogP contribution is 2.42. The molecule has 1 fully saturated rings. The topological polar surface area (TPSA) is 56.0 Å². The van der Waals surface area contributed by atoms with E-state index < -0.39 is 0 Å². The second kappa shape index (κ2) is 7.16. The van der Waals surface area contributed by atoms with E-state index in [2.05, 4.69) is 37.0 Å². The summed E-state index contributed by atoms with van der Waals surface area (Å²) in [5.74, 6) is 1.30. The van der Waals surface area contributed by atoms with Crippen LogP contribution in [0.1, 0.15) is 71.6 Å². The Labute approximate surface area is 144 Å². The number of hydrogen-bond donors (Lipinski definition) is 1. The zero-order valence-corrected chi connectivity index (χ0v) is 14.5. The van der Waals surface area contributed by atoms with Crippen molar-refractivity contribution in [2.24, 2.45) is 11.7 Å². The van der Waals surface area contributed by atoms with Gasteiger partial charge in [0.25, 0.3) is 0 Å². The van der Waals surface area contributed by atoms with Crippen LogP contribution >= 0.6 is 0 Å². The Morgan fingerprint density at radius 1 is 1.17 bits per heavy atom. The van der Waals surface area contributed by atoms with Crippen LogP contribution in [0, 0.1) is 12.8 Å². The van der Waals surface area contributed by atoms with E-state index in [1.165, 1.54) is 31.2 Å². The van der Waals surface area contributed by atoms with Crippen LogP contribution in [-0.4, -0.2) is 10.9 Å². The molecule has 3 heteroatoms. The minimum Gasteiger partial charge on any atom is -0.366 e. The van der Waals surface area contributed by atoms with Crippen molar-refractivity contribution in [3.05, 3.63) is 65.0 Å². The van der Waals surface area contributed by atoms with Gasteiger partial charge >= 0.3 is 0 Å². The maximum atomic E-state index is 11.7. The summed E-state index contributed by atoms with van der Waals surface area (Å²) in [6.45, 7) is 4.29. The molecule has 1 atom stereocenters. The largest absolute Gasteiger partial charge is 0.366 e. The van der Waals surface area contributed by atoms with Gasteiger partial charge in [0.15, 0.2) is 0 Å². The minimum absolute atomic E-state index is 0.321. The fraction of sp³-hybridized carbons (Fsp3) is 0.429. The molecule has 0 aliphatic heterocycles. The number of hydrogen-bond acceptors (Lipinski definition) is 2. The number of amides is 1. The lowest BCUT2D eigenvalue weighted by molar-refractivity contribution is 0.0998. The Morgan fingerprint density at radius 3 is 2.54 bits per heavy atom. The van der Waals surface area contributed by atoms with E-state index in [0.717, 1.165) is 11.3 Å². The van der Waals surface area contributed by atoms with Crippen molar-refractivity contribution in [2.75, 3.05) is 0 Å². The third-order valence-corrected chi connectivity index (χ3v) is 5.59. The molecule has 0 unspecified atom stereocenters. The zero-order valence-electron chi connectivity index (χ0n) is 14.5. The molecule has 1 aromatic carbocycles. The molecule has 1 heterocycles. The van der Waals surface area contributed by atoms with Crippen molar-refractivity contribution in [1.29, 1.82) is 0 Å². The van der Waals surface area contributed by atoms with Gasteiger partial charge in [-0.3, -0.25) is 9.78 Å². The molecule has 2 aromatic rings. The second-order valence-corrected chi connectivity index (χ2v) is 7.08. The summed E-state index contributed by atoms with van der Waals surface area (Å²) in [5.41, 5.74) is 9.85. The Morgan fingerprint density at radius 2 is 1.88 bits per heavy atom. The van der Waals surface area contributed by atoms with Crippen LogP contribution in [-0.2, 0) is 0 Å². The summed E-state index contributed by atoms with van der Waals surface area (Å²) in [4.78, 5) is 16.0. The number of benzene rings is 1. The summed E-state index contributed by atoms with van der Waals surface area (Å²) in [6.07, 6.45) is 6.72. The molecular formula is C21H26N2O. The number of carbonyl (C=O) groups is 1. The Kier molecular flexibility index (Phi) is 4.98. The highest BCUT2D eigenvalue weighted by Gasteiger charge is 2.28. The summed E-state index contributed by atoms with van der Waals surface area (Å²) in [5, 5.41) is 0. The van der Waals surface area contributed by atoms with E-state index in [0.29, 0.717) is 23.3 Å². The number of pyridine rings is 1. The van der Waals surface area contributed by atoms with Gasteiger partial charge < -0.3 is 5.73 Å². The number of rotatable bonds is 4. The highest BCUT2D eigenvalue weighted by molar-refractivity contribution is 5.94. The normalized spacial score (nSPS) is 22.1. The third-order valence-electron chi connectivity index (χ3n) is 5.59. The molecule has 0 bridgehead atoms. The average molecular weight is 322 g/mol. The quantitative estimate of drug-likeness (QED) is 0.896. The maximum Gasteiger partial charge on any atom is 0.248 e. The highest BCUT2D eigenvalue weighted by atomic mass is 16.1. The van der Waals surface area contributed by atoms with E-state index >= 15 is 0 Å². The minimum atomic E-state index is -0.321. The molecule has 1 aliphatic rings. The van der Waals surface area contributed by atoms with Gasteiger partial charge in [-0.15, -0.1) is 0 Å². The summed E-state index contributed by atoms with van der Waals surface area (Å²) >= 11 is 0. The van der Waals surface area contributed by atoms with Gasteiger partial charge in [-0.1, -0.05) is 25.1 Å². The van der Waals surface area contributed by atoms with E-state index in [-0.39, 0.29) is 5.91 Å². The van der Waals surface area contributed by atoms with Crippen molar-refractivity contribution in [3.63, 3.8) is 0 Å². The molecule has 0 spiro atoms. The lowest BCUT2D eigenvalue weighted by Gasteiger charge is -2.33. The zero-order chi connectivity index (χ0) is 17.1. The van der Waals surface area contributed by atoms with Crippen LogP contribution in [0.5, 0.6) is 0 Å². The fourth-order valence-electron chi connectivity index (χ4n) is 4.15. The molecule has 1 saturated carbocycles. The molecule has 1 aliphatic carbocycles. The number of aryl methyl sites for hydroxylation is 1. The van der Waals surface area contributed by atoms with Crippen molar-refractivity contribution in [2.45, 2.75) is 51.4 Å². The van der Waals surface area contributed by atoms with Gasteiger partial charge in [0.05, 0.1) is 0 Å². The van der Waals surface area contributed by atoms with E-state index in [9.17, 15) is 4.79 Å². The van der Waals surface area contributed by atoms with Crippen LogP contribution in [0.4, 0.5) is 0 Å². The first-order valence-electron chi connectivity index (χ1n) is 8.87. The average Bonchev–Trinajstić information content (AvgIpc) is 2.61. The predicted molar refractivity (Wildman–Crippen MR) is 97.0 cm³/mol. The smallest absolute Gasteiger partial charge is 0.248 e. The number of carbonyl (C=O) groups excluding carboxylic acids is 1. The lowest BCUT2D eigenvalue weighted by atomic mass is 9.72. The molecule has 126 valence electrons. The van der Waals surface area contributed by atoms with E-state index in [1.54, 1.807) is 0 Å². The first-order valence-corrected chi connectivity index (χ1v) is 8.87. The lowest BCUT2D eigenvalue weighted by Crippen LogP contribution is -2.21. The summed E-state index contributed by atoms with van der Waals surface area (Å²) in [6, 6.07) is 12.2. The number of nitrogens with two attached hydrogens (primary N) is 1. The fourth-order valence-corrected chi connectivity index (χ4v) is 4.15. The van der Waals surface area contributed by atoms with E-state index in [4.69, 9.17) is 5.73 Å². The number of aromatic nitrogens is 1. The van der Waals surface area contributed by atoms with Gasteiger partial charge in [0.2, 0.25) is 5.91 Å². The second-order valence-electron chi connectivity index (χ2n) is 7.08. The van der Waals surface area contributed by atoms with Gasteiger partial charge in [0.1, 0.15) is 0 Å². The number of primary amides is 1. The molecule has 24 heavy (non-hydrogen) atoms. The van der Waals surface area contributed by atoms with Crippen LogP contribution in [0.3, 0.4) is 0 Å². The van der Waals surface area contributed by atoms with Crippen LogP contribution in [0.25, 0.3) is 0 Å². The van der Waals surface area contributed by atoms with Crippen LogP contribution in [0.15, 0.2) is 42.6 Å². The van der Waals surface area contributed by atoms with Crippen molar-refractivity contribution in [1.82, 2.24) is 4.98 Å².